The summed E-state index contributed by atoms with van der Waals surface area (Å²) in [5.74, 6) is -0.749. The Bertz CT molecular complexity index is 390. The number of carboxylic acids is 1. The number of aliphatic carboxylic acids is 1. The fraction of sp³-hybridized carbons (Fsp3) is 0.500. The van der Waals surface area contributed by atoms with Gasteiger partial charge in [-0.05, 0) is 24.8 Å². The summed E-state index contributed by atoms with van der Waals surface area (Å²) in [6, 6.07) is 9.77. The number of benzene rings is 1. The van der Waals surface area contributed by atoms with Gasteiger partial charge in [0.1, 0.15) is 0 Å². The zero-order valence-electron chi connectivity index (χ0n) is 9.73. The van der Waals surface area contributed by atoms with Crippen molar-refractivity contribution in [1.82, 2.24) is 0 Å². The summed E-state index contributed by atoms with van der Waals surface area (Å²) in [5.41, 5.74) is 0.281. The van der Waals surface area contributed by atoms with Gasteiger partial charge in [-0.25, -0.2) is 0 Å². The van der Waals surface area contributed by atoms with Gasteiger partial charge in [0.05, 0.1) is 10.8 Å². The van der Waals surface area contributed by atoms with Crippen molar-refractivity contribution < 1.29 is 9.90 Å². The average Bonchev–Trinajstić information content (AvgIpc) is 2.33. The minimum Gasteiger partial charge on any atom is -0.481 e. The van der Waals surface area contributed by atoms with Crippen molar-refractivity contribution in [1.29, 1.82) is 0 Å². The fourth-order valence-corrected chi connectivity index (χ4v) is 3.11. The fourth-order valence-electron chi connectivity index (χ4n) is 2.67. The van der Waals surface area contributed by atoms with Gasteiger partial charge >= 0.3 is 5.97 Å². The number of hydrogen-bond donors (Lipinski definition) is 1. The third-order valence-electron chi connectivity index (χ3n) is 3.72. The number of alkyl halides is 1. The van der Waals surface area contributed by atoms with Gasteiger partial charge in [0, 0.05) is 0 Å². The van der Waals surface area contributed by atoms with Gasteiger partial charge < -0.3 is 5.11 Å². The Kier molecular flexibility index (Phi) is 3.72. The van der Waals surface area contributed by atoms with E-state index in [-0.39, 0.29) is 5.38 Å². The van der Waals surface area contributed by atoms with Crippen LogP contribution in [0.4, 0.5) is 0 Å². The van der Waals surface area contributed by atoms with Crippen molar-refractivity contribution in [2.24, 2.45) is 5.41 Å². The summed E-state index contributed by atoms with van der Waals surface area (Å²) in [6.45, 7) is 0. The van der Waals surface area contributed by atoms with E-state index in [9.17, 15) is 9.90 Å². The summed E-state index contributed by atoms with van der Waals surface area (Å²) in [7, 11) is 0. The van der Waals surface area contributed by atoms with Crippen molar-refractivity contribution in [3.05, 3.63) is 35.9 Å². The molecule has 0 heterocycles. The molecule has 2 rings (SSSR count). The highest BCUT2D eigenvalue weighted by Gasteiger charge is 2.46. The topological polar surface area (TPSA) is 37.3 Å². The van der Waals surface area contributed by atoms with Crippen LogP contribution in [-0.2, 0) is 11.2 Å². The second-order valence-corrected chi connectivity index (χ2v) is 5.36. The van der Waals surface area contributed by atoms with Gasteiger partial charge in [-0.3, -0.25) is 4.79 Å². The smallest absolute Gasteiger partial charge is 0.311 e. The van der Waals surface area contributed by atoms with E-state index in [1.54, 1.807) is 0 Å². The van der Waals surface area contributed by atoms with Crippen LogP contribution in [0.2, 0.25) is 0 Å². The van der Waals surface area contributed by atoms with Crippen molar-refractivity contribution in [2.45, 2.75) is 37.5 Å². The van der Waals surface area contributed by atoms with E-state index in [1.165, 1.54) is 0 Å². The second kappa shape index (κ2) is 5.09. The summed E-state index contributed by atoms with van der Waals surface area (Å²) in [4.78, 5) is 11.6. The maximum atomic E-state index is 11.6. The highest BCUT2D eigenvalue weighted by atomic mass is 35.5. The maximum absolute atomic E-state index is 11.6. The molecule has 1 saturated carbocycles. The molecule has 0 bridgehead atoms. The molecular formula is C14H17ClO2. The lowest BCUT2D eigenvalue weighted by molar-refractivity contribution is -0.150. The molecule has 2 atom stereocenters. The Morgan fingerprint density at radius 3 is 2.65 bits per heavy atom. The largest absolute Gasteiger partial charge is 0.481 e. The number of halogens is 1. The SMILES string of the molecule is O=C(O)C1(Cc2ccccc2)CCCCC1Cl. The summed E-state index contributed by atoms with van der Waals surface area (Å²) in [5, 5.41) is 9.28. The molecule has 0 saturated heterocycles. The minimum atomic E-state index is -0.777. The van der Waals surface area contributed by atoms with E-state index in [2.05, 4.69) is 0 Å². The Morgan fingerprint density at radius 2 is 2.06 bits per heavy atom. The van der Waals surface area contributed by atoms with Crippen molar-refractivity contribution >= 4 is 17.6 Å². The van der Waals surface area contributed by atoms with Crippen LogP contribution in [0.25, 0.3) is 0 Å². The lowest BCUT2D eigenvalue weighted by atomic mass is 9.70. The third kappa shape index (κ3) is 2.47. The Hall–Kier alpha value is -1.02. The first-order valence-corrected chi connectivity index (χ1v) is 6.50. The average molecular weight is 253 g/mol. The van der Waals surface area contributed by atoms with Crippen LogP contribution < -0.4 is 0 Å². The van der Waals surface area contributed by atoms with E-state index in [0.717, 1.165) is 24.8 Å². The van der Waals surface area contributed by atoms with Crippen LogP contribution in [0.3, 0.4) is 0 Å². The number of carboxylic acid groups (broad SMARTS) is 1. The maximum Gasteiger partial charge on any atom is 0.311 e. The second-order valence-electron chi connectivity index (χ2n) is 4.84. The first-order chi connectivity index (χ1) is 8.15. The van der Waals surface area contributed by atoms with Gasteiger partial charge in [0.25, 0.3) is 0 Å². The normalized spacial score (nSPS) is 28.9. The molecule has 17 heavy (non-hydrogen) atoms. The van der Waals surface area contributed by atoms with E-state index in [0.29, 0.717) is 12.8 Å². The van der Waals surface area contributed by atoms with Gasteiger partial charge in [-0.15, -0.1) is 11.6 Å². The Balaban J connectivity index is 2.25. The zero-order chi connectivity index (χ0) is 12.3. The van der Waals surface area contributed by atoms with E-state index in [4.69, 9.17) is 11.6 Å². The molecule has 2 unspecified atom stereocenters. The molecule has 3 heteroatoms. The van der Waals surface area contributed by atoms with Crippen molar-refractivity contribution in [3.63, 3.8) is 0 Å². The monoisotopic (exact) mass is 252 g/mol. The Labute approximate surface area is 107 Å². The summed E-state index contributed by atoms with van der Waals surface area (Å²) < 4.78 is 0. The van der Waals surface area contributed by atoms with Gasteiger partial charge in [-0.2, -0.15) is 0 Å². The van der Waals surface area contributed by atoms with Crippen LogP contribution in [0.1, 0.15) is 31.2 Å². The van der Waals surface area contributed by atoms with E-state index >= 15 is 0 Å². The zero-order valence-corrected chi connectivity index (χ0v) is 10.5. The molecule has 1 aliphatic rings. The molecule has 0 radical (unpaired) electrons. The van der Waals surface area contributed by atoms with Gasteiger partial charge in [0.2, 0.25) is 0 Å². The predicted octanol–water partition coefficient (Wildman–Crippen LogP) is 3.48. The van der Waals surface area contributed by atoms with Crippen molar-refractivity contribution in [3.8, 4) is 0 Å². The number of hydrogen-bond acceptors (Lipinski definition) is 1. The molecule has 0 amide bonds. The van der Waals surface area contributed by atoms with E-state index in [1.807, 2.05) is 30.3 Å². The molecule has 1 fully saturated rings. The van der Waals surface area contributed by atoms with Crippen molar-refractivity contribution in [2.75, 3.05) is 0 Å². The van der Waals surface area contributed by atoms with Crippen LogP contribution >= 0.6 is 11.6 Å². The van der Waals surface area contributed by atoms with Crippen LogP contribution in [-0.4, -0.2) is 16.5 Å². The molecule has 1 N–H and O–H groups in total. The molecule has 2 nitrogen and oxygen atoms in total. The highest BCUT2D eigenvalue weighted by Crippen LogP contribution is 2.42. The first kappa shape index (κ1) is 12.4. The van der Waals surface area contributed by atoms with Crippen LogP contribution in [0, 0.1) is 5.41 Å². The van der Waals surface area contributed by atoms with Gasteiger partial charge in [-0.1, -0.05) is 43.2 Å². The number of rotatable bonds is 3. The minimum absolute atomic E-state index is 0.256. The lowest BCUT2D eigenvalue weighted by Crippen LogP contribution is -2.43. The highest BCUT2D eigenvalue weighted by molar-refractivity contribution is 6.22. The predicted molar refractivity (Wildman–Crippen MR) is 68.3 cm³/mol. The number of carbonyl (C=O) groups is 1. The third-order valence-corrected chi connectivity index (χ3v) is 4.35. The van der Waals surface area contributed by atoms with Gasteiger partial charge in [0.15, 0.2) is 0 Å². The molecular weight excluding hydrogens is 236 g/mol. The summed E-state index contributed by atoms with van der Waals surface area (Å²) >= 11 is 6.30. The summed E-state index contributed by atoms with van der Waals surface area (Å²) in [6.07, 6.45) is 4.03. The molecule has 1 aromatic rings. The van der Waals surface area contributed by atoms with Crippen LogP contribution in [0.5, 0.6) is 0 Å². The van der Waals surface area contributed by atoms with E-state index < -0.39 is 11.4 Å². The molecule has 0 aliphatic heterocycles. The molecule has 0 aromatic heterocycles. The molecule has 0 spiro atoms. The standard InChI is InChI=1S/C14H17ClO2/c15-12-8-4-5-9-14(12,13(16)17)10-11-6-2-1-3-7-11/h1-3,6-7,12H,4-5,8-10H2,(H,16,17). The Morgan fingerprint density at radius 1 is 1.35 bits per heavy atom. The first-order valence-electron chi connectivity index (χ1n) is 6.06. The molecule has 92 valence electrons. The lowest BCUT2D eigenvalue weighted by Gasteiger charge is -2.37. The van der Waals surface area contributed by atoms with Crippen LogP contribution in [0.15, 0.2) is 30.3 Å². The quantitative estimate of drug-likeness (QED) is 0.837. The molecule has 1 aromatic carbocycles. The molecule has 1 aliphatic carbocycles.